The minimum absolute atomic E-state index is 0.0952. The molecule has 0 bridgehead atoms. The van der Waals surface area contributed by atoms with E-state index in [0.717, 1.165) is 22.3 Å². The van der Waals surface area contributed by atoms with E-state index in [4.69, 9.17) is 13.9 Å². The molecular formula is C28H27NO5. The molecule has 6 heteroatoms. The lowest BCUT2D eigenvalue weighted by molar-refractivity contribution is -0.136. The van der Waals surface area contributed by atoms with E-state index in [2.05, 4.69) is 0 Å². The molecule has 0 N–H and O–H groups in total. The molecule has 0 spiro atoms. The molecule has 34 heavy (non-hydrogen) atoms. The van der Waals surface area contributed by atoms with E-state index in [1.807, 2.05) is 66.4 Å². The first-order valence-electron chi connectivity index (χ1n) is 11.2. The predicted octanol–water partition coefficient (Wildman–Crippen LogP) is 4.84. The third-order valence-electron chi connectivity index (χ3n) is 5.71. The van der Waals surface area contributed by atoms with Gasteiger partial charge in [-0.05, 0) is 48.7 Å². The molecule has 3 aromatic carbocycles. The molecule has 4 rings (SSSR count). The molecule has 0 radical (unpaired) electrons. The fourth-order valence-electron chi connectivity index (χ4n) is 3.93. The molecule has 6 nitrogen and oxygen atoms in total. The molecule has 1 aromatic heterocycles. The Balaban J connectivity index is 1.51. The molecule has 1 heterocycles. The second-order valence-electron chi connectivity index (χ2n) is 8.11. The second kappa shape index (κ2) is 10.7. The Hall–Kier alpha value is -4.06. The van der Waals surface area contributed by atoms with Crippen LogP contribution in [0, 0.1) is 0 Å². The Morgan fingerprint density at radius 3 is 2.50 bits per heavy atom. The molecule has 0 aliphatic carbocycles. The highest BCUT2D eigenvalue weighted by atomic mass is 16.5. The molecule has 0 aliphatic rings. The molecule has 0 saturated heterocycles. The van der Waals surface area contributed by atoms with Gasteiger partial charge in [-0.2, -0.15) is 0 Å². The van der Waals surface area contributed by atoms with E-state index in [1.165, 1.54) is 6.07 Å². The lowest BCUT2D eigenvalue weighted by atomic mass is 10.0. The van der Waals surface area contributed by atoms with Crippen LogP contribution < -0.4 is 15.1 Å². The molecule has 174 valence electrons. The number of amides is 1. The number of carbonyl (C=O) groups excluding carboxylic acids is 1. The summed E-state index contributed by atoms with van der Waals surface area (Å²) in [6, 6.07) is 25.9. The van der Waals surface area contributed by atoms with Crippen LogP contribution in [0.25, 0.3) is 11.0 Å². The molecule has 1 amide bonds. The zero-order valence-corrected chi connectivity index (χ0v) is 19.3. The number of benzene rings is 3. The SMILES string of the molecule is COc1ccccc1C[C@H](C)N(Cc1ccccc1)C(=O)COc1ccc2ccc(=O)oc2c1. The summed E-state index contributed by atoms with van der Waals surface area (Å²) in [4.78, 5) is 26.7. The molecule has 4 aromatic rings. The van der Waals surface area contributed by atoms with E-state index in [9.17, 15) is 9.59 Å². The maximum atomic E-state index is 13.3. The van der Waals surface area contributed by atoms with Gasteiger partial charge in [0.15, 0.2) is 6.61 Å². The Morgan fingerprint density at radius 2 is 1.71 bits per heavy atom. The van der Waals surface area contributed by atoms with Gasteiger partial charge in [-0.25, -0.2) is 4.79 Å². The Morgan fingerprint density at radius 1 is 0.971 bits per heavy atom. The highest BCUT2D eigenvalue weighted by Crippen LogP contribution is 2.23. The number of ether oxygens (including phenoxy) is 2. The number of nitrogens with zero attached hydrogens (tertiary/aromatic N) is 1. The predicted molar refractivity (Wildman–Crippen MR) is 131 cm³/mol. The molecular weight excluding hydrogens is 430 g/mol. The number of fused-ring (bicyclic) bond motifs is 1. The summed E-state index contributed by atoms with van der Waals surface area (Å²) in [6.45, 7) is 2.36. The summed E-state index contributed by atoms with van der Waals surface area (Å²) in [5.74, 6) is 1.13. The third-order valence-corrected chi connectivity index (χ3v) is 5.71. The Bertz CT molecular complexity index is 1320. The van der Waals surface area contributed by atoms with Crippen LogP contribution in [0.5, 0.6) is 11.5 Å². The maximum absolute atomic E-state index is 13.3. The zero-order valence-electron chi connectivity index (χ0n) is 19.3. The van der Waals surface area contributed by atoms with Gasteiger partial charge in [-0.1, -0.05) is 48.5 Å². The average Bonchev–Trinajstić information content (AvgIpc) is 2.86. The summed E-state index contributed by atoms with van der Waals surface area (Å²) >= 11 is 0. The first-order chi connectivity index (χ1) is 16.5. The van der Waals surface area contributed by atoms with E-state index in [-0.39, 0.29) is 18.6 Å². The molecule has 1 atom stereocenters. The normalized spacial score (nSPS) is 11.7. The van der Waals surface area contributed by atoms with Crippen LogP contribution in [0.1, 0.15) is 18.1 Å². The van der Waals surface area contributed by atoms with Gasteiger partial charge in [0.2, 0.25) is 0 Å². The second-order valence-corrected chi connectivity index (χ2v) is 8.11. The van der Waals surface area contributed by atoms with Gasteiger partial charge in [0.1, 0.15) is 17.1 Å². The highest BCUT2D eigenvalue weighted by molar-refractivity contribution is 5.79. The molecule has 0 saturated carbocycles. The van der Waals surface area contributed by atoms with Crippen molar-refractivity contribution in [2.24, 2.45) is 0 Å². The van der Waals surface area contributed by atoms with Crippen LogP contribution in [0.2, 0.25) is 0 Å². The van der Waals surface area contributed by atoms with Gasteiger partial charge in [-0.15, -0.1) is 0 Å². The molecule has 0 aliphatic heterocycles. The van der Waals surface area contributed by atoms with Crippen molar-refractivity contribution in [1.29, 1.82) is 0 Å². The van der Waals surface area contributed by atoms with E-state index in [0.29, 0.717) is 24.3 Å². The van der Waals surface area contributed by atoms with Gasteiger partial charge in [0, 0.05) is 30.1 Å². The van der Waals surface area contributed by atoms with Crippen LogP contribution in [0.15, 0.2) is 94.1 Å². The summed E-state index contributed by atoms with van der Waals surface area (Å²) in [5.41, 5.74) is 2.06. The van der Waals surface area contributed by atoms with Crippen LogP contribution >= 0.6 is 0 Å². The average molecular weight is 458 g/mol. The van der Waals surface area contributed by atoms with Gasteiger partial charge in [0.25, 0.3) is 5.91 Å². The Kier molecular flexibility index (Phi) is 7.28. The number of hydrogen-bond donors (Lipinski definition) is 0. The zero-order chi connectivity index (χ0) is 23.9. The number of methoxy groups -OCH3 is 1. The maximum Gasteiger partial charge on any atom is 0.336 e. The van der Waals surface area contributed by atoms with Gasteiger partial charge >= 0.3 is 5.63 Å². The van der Waals surface area contributed by atoms with Crippen molar-refractivity contribution >= 4 is 16.9 Å². The number of para-hydroxylation sites is 1. The van der Waals surface area contributed by atoms with Gasteiger partial charge in [-0.3, -0.25) is 4.79 Å². The summed E-state index contributed by atoms with van der Waals surface area (Å²) in [5, 5.41) is 0.786. The van der Waals surface area contributed by atoms with Crippen molar-refractivity contribution < 1.29 is 18.7 Å². The summed E-state index contributed by atoms with van der Waals surface area (Å²) in [7, 11) is 1.65. The smallest absolute Gasteiger partial charge is 0.336 e. The van der Waals surface area contributed by atoms with Gasteiger partial charge < -0.3 is 18.8 Å². The standard InChI is InChI=1S/C28H27NO5/c1-20(16-23-10-6-7-11-25(23)32-2)29(18-21-8-4-3-5-9-21)27(30)19-33-24-14-12-22-13-15-28(31)34-26(22)17-24/h3-15,17,20H,16,18-19H2,1-2H3/t20-/m0/s1. The fourth-order valence-corrected chi connectivity index (χ4v) is 3.93. The van der Waals surface area contributed by atoms with E-state index in [1.54, 1.807) is 31.4 Å². The summed E-state index contributed by atoms with van der Waals surface area (Å²) < 4.78 is 16.5. The van der Waals surface area contributed by atoms with Crippen LogP contribution in [-0.4, -0.2) is 30.6 Å². The number of rotatable bonds is 9. The highest BCUT2D eigenvalue weighted by Gasteiger charge is 2.22. The van der Waals surface area contributed by atoms with Crippen molar-refractivity contribution in [2.75, 3.05) is 13.7 Å². The largest absolute Gasteiger partial charge is 0.496 e. The first-order valence-corrected chi connectivity index (χ1v) is 11.2. The quantitative estimate of drug-likeness (QED) is 0.337. The van der Waals surface area contributed by atoms with E-state index >= 15 is 0 Å². The van der Waals surface area contributed by atoms with Gasteiger partial charge in [0.05, 0.1) is 7.11 Å². The third kappa shape index (κ3) is 5.64. The van der Waals surface area contributed by atoms with Crippen molar-refractivity contribution in [3.8, 4) is 11.5 Å². The van der Waals surface area contributed by atoms with E-state index < -0.39 is 5.63 Å². The van der Waals surface area contributed by atoms with Crippen molar-refractivity contribution in [3.05, 3.63) is 106 Å². The summed E-state index contributed by atoms with van der Waals surface area (Å²) in [6.07, 6.45) is 0.643. The fraction of sp³-hybridized carbons (Fsp3) is 0.214. The first kappa shape index (κ1) is 23.1. The lowest BCUT2D eigenvalue weighted by Gasteiger charge is -2.30. The van der Waals surface area contributed by atoms with Crippen molar-refractivity contribution in [2.45, 2.75) is 25.9 Å². The number of hydrogen-bond acceptors (Lipinski definition) is 5. The monoisotopic (exact) mass is 457 g/mol. The lowest BCUT2D eigenvalue weighted by Crippen LogP contribution is -2.42. The minimum Gasteiger partial charge on any atom is -0.496 e. The Labute approximate surface area is 198 Å². The van der Waals surface area contributed by atoms with Crippen LogP contribution in [0.3, 0.4) is 0 Å². The van der Waals surface area contributed by atoms with Crippen molar-refractivity contribution in [3.63, 3.8) is 0 Å². The van der Waals surface area contributed by atoms with Crippen molar-refractivity contribution in [1.82, 2.24) is 4.90 Å². The van der Waals surface area contributed by atoms with Crippen LogP contribution in [-0.2, 0) is 17.8 Å². The minimum atomic E-state index is -0.431. The molecule has 0 unspecified atom stereocenters. The van der Waals surface area contributed by atoms with Crippen LogP contribution in [0.4, 0.5) is 0 Å². The number of carbonyl (C=O) groups is 1. The topological polar surface area (TPSA) is 69.0 Å². The molecule has 0 fully saturated rings.